The molecule has 0 saturated carbocycles. The van der Waals surface area contributed by atoms with E-state index in [9.17, 15) is 0 Å². The van der Waals surface area contributed by atoms with Crippen molar-refractivity contribution in [2.75, 3.05) is 17.2 Å². The van der Waals surface area contributed by atoms with E-state index in [0.29, 0.717) is 12.6 Å². The van der Waals surface area contributed by atoms with Crippen LogP contribution in [0.3, 0.4) is 0 Å². The van der Waals surface area contributed by atoms with Crippen LogP contribution in [-0.2, 0) is 6.54 Å². The molecule has 2 aromatic rings. The van der Waals surface area contributed by atoms with Gasteiger partial charge in [0.05, 0.1) is 23.5 Å². The average molecular weight is 320 g/mol. The first kappa shape index (κ1) is 15.2. The van der Waals surface area contributed by atoms with Crippen molar-refractivity contribution in [2.24, 2.45) is 4.99 Å². The maximum atomic E-state index is 4.98. The van der Waals surface area contributed by atoms with E-state index in [0.717, 1.165) is 30.9 Å². The number of fused-ring (bicyclic) bond motifs is 1. The van der Waals surface area contributed by atoms with E-state index in [-0.39, 0.29) is 5.54 Å². The van der Waals surface area contributed by atoms with Gasteiger partial charge in [-0.3, -0.25) is 4.99 Å². The Morgan fingerprint density at radius 3 is 2.58 bits per heavy atom. The molecule has 2 aliphatic heterocycles. The van der Waals surface area contributed by atoms with Crippen molar-refractivity contribution in [3.8, 4) is 0 Å². The fourth-order valence-corrected chi connectivity index (χ4v) is 3.77. The number of piperidine rings is 1. The minimum Gasteiger partial charge on any atom is -0.371 e. The molecule has 124 valence electrons. The van der Waals surface area contributed by atoms with E-state index in [1.807, 2.05) is 6.07 Å². The van der Waals surface area contributed by atoms with Gasteiger partial charge < -0.3 is 16.0 Å². The summed E-state index contributed by atoms with van der Waals surface area (Å²) in [6.07, 6.45) is 2.06. The average Bonchev–Trinajstić information content (AvgIpc) is 2.61. The molecule has 0 bridgehead atoms. The summed E-state index contributed by atoms with van der Waals surface area (Å²) >= 11 is 0. The highest BCUT2D eigenvalue weighted by molar-refractivity contribution is 6.09. The number of hydrogen-bond donors (Lipinski definition) is 3. The van der Waals surface area contributed by atoms with Gasteiger partial charge >= 0.3 is 0 Å². The van der Waals surface area contributed by atoms with Gasteiger partial charge in [-0.25, -0.2) is 0 Å². The molecule has 0 radical (unpaired) electrons. The van der Waals surface area contributed by atoms with Crippen LogP contribution in [0.4, 0.5) is 11.4 Å². The van der Waals surface area contributed by atoms with Crippen LogP contribution in [0.2, 0.25) is 0 Å². The van der Waals surface area contributed by atoms with Gasteiger partial charge in [-0.15, -0.1) is 0 Å². The summed E-state index contributed by atoms with van der Waals surface area (Å²) in [6, 6.07) is 19.3. The summed E-state index contributed by atoms with van der Waals surface area (Å²) in [7, 11) is 0. The minimum absolute atomic E-state index is 0.103. The molecule has 0 amide bonds. The quantitative estimate of drug-likeness (QED) is 0.792. The van der Waals surface area contributed by atoms with Crippen molar-refractivity contribution in [2.45, 2.75) is 37.9 Å². The molecule has 4 nitrogen and oxygen atoms in total. The number of nitrogens with zero attached hydrogens (tertiary/aromatic N) is 1. The second-order valence-corrected chi connectivity index (χ2v) is 6.84. The second-order valence-electron chi connectivity index (χ2n) is 6.84. The molecule has 1 spiro atoms. The molecule has 1 saturated heterocycles. The molecule has 0 aliphatic carbocycles. The Morgan fingerprint density at radius 2 is 1.79 bits per heavy atom. The van der Waals surface area contributed by atoms with Crippen molar-refractivity contribution in [3.05, 3.63) is 60.2 Å². The number of para-hydroxylation sites is 2. The fraction of sp³-hybridized carbons (Fsp3) is 0.350. The Labute approximate surface area is 143 Å². The predicted octanol–water partition coefficient (Wildman–Crippen LogP) is 3.63. The van der Waals surface area contributed by atoms with E-state index >= 15 is 0 Å². The molecule has 2 unspecified atom stereocenters. The van der Waals surface area contributed by atoms with Crippen LogP contribution in [0.5, 0.6) is 0 Å². The smallest absolute Gasteiger partial charge is 0.127 e. The molecule has 2 aliphatic rings. The van der Waals surface area contributed by atoms with Gasteiger partial charge in [-0.05, 0) is 44.0 Å². The molecule has 1 fully saturated rings. The number of anilines is 2. The zero-order valence-corrected chi connectivity index (χ0v) is 14.0. The van der Waals surface area contributed by atoms with Gasteiger partial charge in [-0.2, -0.15) is 0 Å². The second kappa shape index (κ2) is 6.29. The Kier molecular flexibility index (Phi) is 3.98. The Hall–Kier alpha value is -2.33. The van der Waals surface area contributed by atoms with Crippen molar-refractivity contribution < 1.29 is 0 Å². The van der Waals surface area contributed by atoms with Crippen molar-refractivity contribution in [1.82, 2.24) is 5.32 Å². The molecular weight excluding hydrogens is 296 g/mol. The van der Waals surface area contributed by atoms with Gasteiger partial charge in [0.15, 0.2) is 0 Å². The van der Waals surface area contributed by atoms with Crippen LogP contribution < -0.4 is 16.0 Å². The van der Waals surface area contributed by atoms with Crippen molar-refractivity contribution in [3.63, 3.8) is 0 Å². The van der Waals surface area contributed by atoms with E-state index in [2.05, 4.69) is 71.4 Å². The number of amidine groups is 1. The number of hydrogen-bond acceptors (Lipinski definition) is 3. The summed E-state index contributed by atoms with van der Waals surface area (Å²) in [4.78, 5) is 4.98. The van der Waals surface area contributed by atoms with Gasteiger partial charge in [-0.1, -0.05) is 42.5 Å². The maximum Gasteiger partial charge on any atom is 0.127 e. The van der Waals surface area contributed by atoms with Crippen LogP contribution in [0, 0.1) is 0 Å². The first-order valence-electron chi connectivity index (χ1n) is 8.72. The lowest BCUT2D eigenvalue weighted by atomic mass is 9.81. The third-order valence-electron chi connectivity index (χ3n) is 4.97. The van der Waals surface area contributed by atoms with E-state index in [1.54, 1.807) is 0 Å². The Balaban J connectivity index is 1.68. The molecule has 2 aromatic carbocycles. The van der Waals surface area contributed by atoms with Crippen LogP contribution in [0.1, 0.15) is 25.3 Å². The summed E-state index contributed by atoms with van der Waals surface area (Å²) in [5.41, 5.74) is 3.42. The third-order valence-corrected chi connectivity index (χ3v) is 4.97. The lowest BCUT2D eigenvalue weighted by Gasteiger charge is -2.46. The Morgan fingerprint density at radius 1 is 1.04 bits per heavy atom. The van der Waals surface area contributed by atoms with Crippen LogP contribution in [0.25, 0.3) is 0 Å². The predicted molar refractivity (Wildman–Crippen MR) is 101 cm³/mol. The van der Waals surface area contributed by atoms with E-state index in [1.165, 1.54) is 11.3 Å². The molecule has 24 heavy (non-hydrogen) atoms. The molecule has 4 rings (SSSR count). The van der Waals surface area contributed by atoms with E-state index < -0.39 is 0 Å². The first-order valence-corrected chi connectivity index (χ1v) is 8.72. The molecule has 4 heteroatoms. The highest BCUT2D eigenvalue weighted by Gasteiger charge is 2.42. The fourth-order valence-electron chi connectivity index (χ4n) is 3.77. The van der Waals surface area contributed by atoms with Crippen LogP contribution in [0.15, 0.2) is 59.6 Å². The Bertz CT molecular complexity index is 740. The molecule has 0 aromatic heterocycles. The SMILES string of the molecule is CC1CC2(CCN1)Nc1ccccc1NC2=NCc1ccccc1. The van der Waals surface area contributed by atoms with E-state index in [4.69, 9.17) is 4.99 Å². The standard InChI is InChI=1S/C20H24N4/c1-15-13-20(11-12-21-15)19(22-14-16-7-3-2-4-8-16)23-17-9-5-6-10-18(17)24-20/h2-10,15,21,24H,11-14H2,1H3,(H,22,23). The third kappa shape index (κ3) is 2.89. The summed E-state index contributed by atoms with van der Waals surface area (Å²) < 4.78 is 0. The first-order chi connectivity index (χ1) is 11.8. The molecule has 3 N–H and O–H groups in total. The summed E-state index contributed by atoms with van der Waals surface area (Å²) in [5.74, 6) is 1.07. The van der Waals surface area contributed by atoms with Crippen LogP contribution in [-0.4, -0.2) is 24.0 Å². The number of nitrogens with one attached hydrogen (secondary N) is 3. The number of aliphatic imine (C=N–C) groups is 1. The van der Waals surface area contributed by atoms with Gasteiger partial charge in [0, 0.05) is 6.04 Å². The largest absolute Gasteiger partial charge is 0.371 e. The highest BCUT2D eigenvalue weighted by atomic mass is 15.2. The maximum absolute atomic E-state index is 4.98. The normalized spacial score (nSPS) is 27.4. The van der Waals surface area contributed by atoms with Gasteiger partial charge in [0.25, 0.3) is 0 Å². The number of benzene rings is 2. The highest BCUT2D eigenvalue weighted by Crippen LogP contribution is 2.37. The summed E-state index contributed by atoms with van der Waals surface area (Å²) in [5, 5.41) is 11.0. The molecular formula is C20H24N4. The lowest BCUT2D eigenvalue weighted by molar-refractivity contribution is 0.351. The minimum atomic E-state index is -0.103. The van der Waals surface area contributed by atoms with Gasteiger partial charge in [0.1, 0.15) is 5.84 Å². The zero-order chi connectivity index (χ0) is 16.4. The van der Waals surface area contributed by atoms with Crippen molar-refractivity contribution >= 4 is 17.2 Å². The molecule has 2 heterocycles. The number of rotatable bonds is 2. The molecule has 2 atom stereocenters. The zero-order valence-electron chi connectivity index (χ0n) is 14.0. The van der Waals surface area contributed by atoms with Crippen LogP contribution >= 0.6 is 0 Å². The summed E-state index contributed by atoms with van der Waals surface area (Å²) in [6.45, 7) is 3.96. The monoisotopic (exact) mass is 320 g/mol. The topological polar surface area (TPSA) is 48.4 Å². The van der Waals surface area contributed by atoms with Gasteiger partial charge in [0.2, 0.25) is 0 Å². The van der Waals surface area contributed by atoms with Crippen molar-refractivity contribution in [1.29, 1.82) is 0 Å². The lowest BCUT2D eigenvalue weighted by Crippen LogP contribution is -2.60.